The standard InChI is InChI=1S/C28H19Br2ClN2O2/c1-17-9-10-22(31)14-26(17)33-28(34)21(15-32)11-18-12-24(29)27(25(30)13-18)35-16-20-7-4-6-19-5-2-3-8-23(19)20/h2-14H,16H2,1H3,(H,33,34)/b21-11+. The van der Waals surface area contributed by atoms with Crippen molar-refractivity contribution < 1.29 is 9.53 Å². The molecule has 0 aromatic heterocycles. The lowest BCUT2D eigenvalue weighted by Crippen LogP contribution is -2.14. The maximum Gasteiger partial charge on any atom is 0.266 e. The molecule has 4 aromatic rings. The molecular formula is C28H19Br2ClN2O2. The van der Waals surface area contributed by atoms with E-state index in [-0.39, 0.29) is 5.57 Å². The summed E-state index contributed by atoms with van der Waals surface area (Å²) in [5.41, 5.74) is 3.11. The van der Waals surface area contributed by atoms with Gasteiger partial charge in [0.2, 0.25) is 0 Å². The third-order valence-electron chi connectivity index (χ3n) is 5.40. The van der Waals surface area contributed by atoms with Gasteiger partial charge in [0, 0.05) is 10.7 Å². The van der Waals surface area contributed by atoms with Gasteiger partial charge in [-0.2, -0.15) is 5.26 Å². The number of nitriles is 1. The van der Waals surface area contributed by atoms with Crippen LogP contribution in [-0.2, 0) is 11.4 Å². The lowest BCUT2D eigenvalue weighted by molar-refractivity contribution is -0.112. The van der Waals surface area contributed by atoms with Gasteiger partial charge in [-0.3, -0.25) is 4.79 Å². The summed E-state index contributed by atoms with van der Waals surface area (Å²) in [4.78, 5) is 12.7. The third kappa shape index (κ3) is 5.94. The monoisotopic (exact) mass is 608 g/mol. The normalized spacial score (nSPS) is 11.2. The number of nitrogens with zero attached hydrogens (tertiary/aromatic N) is 1. The van der Waals surface area contributed by atoms with E-state index in [1.165, 1.54) is 6.08 Å². The number of hydrogen-bond acceptors (Lipinski definition) is 3. The van der Waals surface area contributed by atoms with Crippen molar-refractivity contribution in [1.82, 2.24) is 0 Å². The van der Waals surface area contributed by atoms with E-state index in [0.717, 1.165) is 21.9 Å². The second kappa shape index (κ2) is 11.1. The highest BCUT2D eigenvalue weighted by molar-refractivity contribution is 9.11. The van der Waals surface area contributed by atoms with E-state index >= 15 is 0 Å². The molecule has 0 saturated carbocycles. The summed E-state index contributed by atoms with van der Waals surface area (Å²) in [6.07, 6.45) is 1.53. The molecule has 174 valence electrons. The van der Waals surface area contributed by atoms with E-state index in [1.807, 2.05) is 37.3 Å². The minimum Gasteiger partial charge on any atom is -0.487 e. The van der Waals surface area contributed by atoms with Crippen molar-refractivity contribution in [2.24, 2.45) is 0 Å². The van der Waals surface area contributed by atoms with Crippen LogP contribution < -0.4 is 10.1 Å². The Morgan fingerprint density at radius 2 is 1.77 bits per heavy atom. The first kappa shape index (κ1) is 25.0. The van der Waals surface area contributed by atoms with Gasteiger partial charge in [0.25, 0.3) is 5.91 Å². The van der Waals surface area contributed by atoms with Gasteiger partial charge in [0.15, 0.2) is 0 Å². The SMILES string of the molecule is Cc1ccc(Cl)cc1NC(=O)/C(C#N)=C/c1cc(Br)c(OCc2cccc3ccccc23)c(Br)c1. The zero-order chi connectivity index (χ0) is 24.9. The van der Waals surface area contributed by atoms with E-state index < -0.39 is 5.91 Å². The van der Waals surface area contributed by atoms with Gasteiger partial charge < -0.3 is 10.1 Å². The Hall–Kier alpha value is -3.11. The number of rotatable bonds is 6. The summed E-state index contributed by atoms with van der Waals surface area (Å²) in [7, 11) is 0. The summed E-state index contributed by atoms with van der Waals surface area (Å²) in [5, 5.41) is 15.1. The van der Waals surface area contributed by atoms with Gasteiger partial charge in [-0.15, -0.1) is 0 Å². The minimum absolute atomic E-state index is 0.0346. The van der Waals surface area contributed by atoms with Crippen LogP contribution in [0, 0.1) is 18.3 Å². The molecule has 4 nitrogen and oxygen atoms in total. The van der Waals surface area contributed by atoms with Crippen LogP contribution in [0.5, 0.6) is 5.75 Å². The zero-order valence-corrected chi connectivity index (χ0v) is 22.5. The van der Waals surface area contributed by atoms with E-state index in [4.69, 9.17) is 16.3 Å². The Bertz CT molecular complexity index is 1480. The number of nitrogens with one attached hydrogen (secondary N) is 1. The van der Waals surface area contributed by atoms with Crippen LogP contribution in [0.3, 0.4) is 0 Å². The third-order valence-corrected chi connectivity index (χ3v) is 6.81. The minimum atomic E-state index is -0.513. The molecule has 0 heterocycles. The fraction of sp³-hybridized carbons (Fsp3) is 0.0714. The second-order valence-corrected chi connectivity index (χ2v) is 9.97. The molecule has 0 unspecified atom stereocenters. The Kier molecular flexibility index (Phi) is 7.92. The number of aryl methyl sites for hydroxylation is 1. The van der Waals surface area contributed by atoms with Crippen LogP contribution in [0.2, 0.25) is 5.02 Å². The van der Waals surface area contributed by atoms with Crippen LogP contribution in [-0.4, -0.2) is 5.91 Å². The predicted octanol–water partition coefficient (Wildman–Crippen LogP) is 8.45. The number of amides is 1. The highest BCUT2D eigenvalue weighted by Crippen LogP contribution is 2.36. The molecule has 0 bridgehead atoms. The summed E-state index contributed by atoms with van der Waals surface area (Å²) in [6, 6.07) is 25.1. The highest BCUT2D eigenvalue weighted by Gasteiger charge is 2.14. The molecule has 0 fully saturated rings. The quantitative estimate of drug-likeness (QED) is 0.176. The van der Waals surface area contributed by atoms with Gasteiger partial charge in [0.1, 0.15) is 24.0 Å². The van der Waals surface area contributed by atoms with Crippen molar-refractivity contribution in [3.8, 4) is 11.8 Å². The molecule has 0 aliphatic rings. The van der Waals surface area contributed by atoms with Crippen molar-refractivity contribution in [3.05, 3.63) is 109 Å². The highest BCUT2D eigenvalue weighted by atomic mass is 79.9. The second-order valence-electron chi connectivity index (χ2n) is 7.82. The van der Waals surface area contributed by atoms with Gasteiger partial charge in [-0.25, -0.2) is 0 Å². The summed E-state index contributed by atoms with van der Waals surface area (Å²) in [5.74, 6) is 0.119. The van der Waals surface area contributed by atoms with Crippen molar-refractivity contribution in [1.29, 1.82) is 5.26 Å². The van der Waals surface area contributed by atoms with E-state index in [0.29, 0.717) is 37.6 Å². The molecule has 1 amide bonds. The molecule has 0 spiro atoms. The molecule has 0 aliphatic carbocycles. The first-order valence-electron chi connectivity index (χ1n) is 10.6. The number of ether oxygens (including phenoxy) is 1. The zero-order valence-electron chi connectivity index (χ0n) is 18.6. The lowest BCUT2D eigenvalue weighted by atomic mass is 10.1. The fourth-order valence-electron chi connectivity index (χ4n) is 3.60. The number of carbonyl (C=O) groups excluding carboxylic acids is 1. The summed E-state index contributed by atoms with van der Waals surface area (Å²) < 4.78 is 7.52. The number of carbonyl (C=O) groups is 1. The van der Waals surface area contributed by atoms with E-state index in [1.54, 1.807) is 30.3 Å². The lowest BCUT2D eigenvalue weighted by Gasteiger charge is -2.13. The molecule has 35 heavy (non-hydrogen) atoms. The molecule has 0 aliphatic heterocycles. The number of hydrogen-bond donors (Lipinski definition) is 1. The number of benzene rings is 4. The average Bonchev–Trinajstić information content (AvgIpc) is 2.84. The van der Waals surface area contributed by atoms with Gasteiger partial charge in [-0.1, -0.05) is 60.1 Å². The number of anilines is 1. The Balaban J connectivity index is 1.54. The molecule has 7 heteroatoms. The predicted molar refractivity (Wildman–Crippen MR) is 149 cm³/mol. The molecule has 0 saturated heterocycles. The smallest absolute Gasteiger partial charge is 0.266 e. The first-order valence-corrected chi connectivity index (χ1v) is 12.6. The Morgan fingerprint density at radius 1 is 1.06 bits per heavy atom. The van der Waals surface area contributed by atoms with Crippen LogP contribution in [0.25, 0.3) is 16.8 Å². The maximum absolute atomic E-state index is 12.7. The van der Waals surface area contributed by atoms with Gasteiger partial charge in [-0.05, 0) is 96.6 Å². The molecule has 4 aromatic carbocycles. The molecule has 4 rings (SSSR count). The van der Waals surface area contributed by atoms with E-state index in [9.17, 15) is 10.1 Å². The first-order chi connectivity index (χ1) is 16.9. The largest absolute Gasteiger partial charge is 0.487 e. The van der Waals surface area contributed by atoms with Crippen molar-refractivity contribution in [2.75, 3.05) is 5.32 Å². The van der Waals surface area contributed by atoms with Crippen molar-refractivity contribution >= 4 is 71.9 Å². The fourth-order valence-corrected chi connectivity index (χ4v) is 5.23. The van der Waals surface area contributed by atoms with Crippen LogP contribution in [0.1, 0.15) is 16.7 Å². The summed E-state index contributed by atoms with van der Waals surface area (Å²) >= 11 is 13.2. The number of fused-ring (bicyclic) bond motifs is 1. The number of halogens is 3. The van der Waals surface area contributed by atoms with Crippen LogP contribution in [0.15, 0.2) is 87.3 Å². The Labute approximate surface area is 225 Å². The van der Waals surface area contributed by atoms with Crippen molar-refractivity contribution in [2.45, 2.75) is 13.5 Å². The maximum atomic E-state index is 12.7. The molecule has 1 N–H and O–H groups in total. The average molecular weight is 611 g/mol. The molecule has 0 atom stereocenters. The Morgan fingerprint density at radius 3 is 2.51 bits per heavy atom. The van der Waals surface area contributed by atoms with Crippen LogP contribution >= 0.6 is 43.5 Å². The topological polar surface area (TPSA) is 62.1 Å². The van der Waals surface area contributed by atoms with Crippen LogP contribution in [0.4, 0.5) is 5.69 Å². The molecule has 0 radical (unpaired) electrons. The van der Waals surface area contributed by atoms with Gasteiger partial charge in [0.05, 0.1) is 8.95 Å². The summed E-state index contributed by atoms with van der Waals surface area (Å²) in [6.45, 7) is 2.24. The van der Waals surface area contributed by atoms with Gasteiger partial charge >= 0.3 is 0 Å². The van der Waals surface area contributed by atoms with Crippen molar-refractivity contribution in [3.63, 3.8) is 0 Å². The van der Waals surface area contributed by atoms with E-state index in [2.05, 4.69) is 55.4 Å². The molecular weight excluding hydrogens is 592 g/mol.